The van der Waals surface area contributed by atoms with Crippen LogP contribution in [0.1, 0.15) is 6.92 Å². The van der Waals surface area contributed by atoms with E-state index in [4.69, 9.17) is 0 Å². The largest absolute Gasteiger partial charge is 0.226 e. The minimum Gasteiger partial charge on any atom is -0.226 e. The number of hydrogen-bond acceptors (Lipinski definition) is 2. The van der Waals surface area contributed by atoms with Crippen molar-refractivity contribution in [3.63, 3.8) is 0 Å². The van der Waals surface area contributed by atoms with Gasteiger partial charge in [0.15, 0.2) is 0 Å². The molecule has 0 N–H and O–H groups in total. The maximum Gasteiger partial charge on any atom is 0.134 e. The Morgan fingerprint density at radius 2 is 2.33 bits per heavy atom. The van der Waals surface area contributed by atoms with E-state index < -0.39 is 0 Å². The van der Waals surface area contributed by atoms with Crippen LogP contribution in [0.2, 0.25) is 0 Å². The third-order valence-electron chi connectivity index (χ3n) is 0.563. The predicted octanol–water partition coefficient (Wildman–Crippen LogP) is 1.47. The molecule has 0 aliphatic rings. The van der Waals surface area contributed by atoms with Crippen LogP contribution in [0.3, 0.4) is 0 Å². The molecule has 0 rings (SSSR count). The summed E-state index contributed by atoms with van der Waals surface area (Å²) < 4.78 is 12.7. The van der Waals surface area contributed by atoms with E-state index in [-0.39, 0.29) is 12.3 Å². The zero-order valence-electron chi connectivity index (χ0n) is 3.94. The smallest absolute Gasteiger partial charge is 0.134 e. The van der Waals surface area contributed by atoms with Crippen molar-refractivity contribution < 1.29 is 3.89 Å². The second-order valence-corrected chi connectivity index (χ2v) is 1.77. The van der Waals surface area contributed by atoms with Gasteiger partial charge in [-0.05, 0) is 7.05 Å². The molecule has 38 valence electrons. The molecule has 0 radical (unpaired) electrons. The number of hydrogen-bond donors (Lipinski definition) is 0. The third kappa shape index (κ3) is 2.48. The van der Waals surface area contributed by atoms with Gasteiger partial charge in [0.1, 0.15) is 12.3 Å². The Balaban J connectivity index is 2.75. The average molecular weight is 109 g/mol. The Morgan fingerprint density at radius 1 is 1.83 bits per heavy atom. The van der Waals surface area contributed by atoms with Gasteiger partial charge in [0.25, 0.3) is 0 Å². The molecule has 0 fully saturated rings. The first-order valence-corrected chi connectivity index (χ1v) is 2.48. The first-order valence-electron chi connectivity index (χ1n) is 1.81. The van der Waals surface area contributed by atoms with Crippen molar-refractivity contribution in [2.45, 2.75) is 6.92 Å². The Labute approximate surface area is 41.9 Å². The highest BCUT2D eigenvalue weighted by Gasteiger charge is 1.87. The van der Waals surface area contributed by atoms with Gasteiger partial charge in [-0.3, -0.25) is 0 Å². The van der Waals surface area contributed by atoms with Crippen LogP contribution in [0.5, 0.6) is 0 Å². The van der Waals surface area contributed by atoms with E-state index in [1.54, 1.807) is 7.05 Å². The highest BCUT2D eigenvalue weighted by Crippen LogP contribution is 2.03. The summed E-state index contributed by atoms with van der Waals surface area (Å²) in [5.74, 6) is 0. The Kier molecular flexibility index (Phi) is 3.57. The number of halogens is 1. The third-order valence-corrected chi connectivity index (χ3v) is 1.06. The van der Waals surface area contributed by atoms with Gasteiger partial charge in [-0.2, -0.15) is 0 Å². The van der Waals surface area contributed by atoms with Crippen molar-refractivity contribution >= 4 is 12.3 Å². The van der Waals surface area contributed by atoms with Crippen LogP contribution in [-0.2, 0) is 0 Å². The summed E-state index contributed by atoms with van der Waals surface area (Å²) in [6.07, 6.45) is 0. The van der Waals surface area contributed by atoms with Crippen molar-refractivity contribution in [2.75, 3.05) is 13.6 Å². The SMILES string of the molecule is CCN(C)SF. The van der Waals surface area contributed by atoms with Gasteiger partial charge in [-0.1, -0.05) is 6.92 Å². The molecule has 6 heavy (non-hydrogen) atoms. The quantitative estimate of drug-likeness (QED) is 0.494. The molecule has 0 aromatic rings. The summed E-state index contributed by atoms with van der Waals surface area (Å²) in [7, 11) is 1.70. The van der Waals surface area contributed by atoms with Gasteiger partial charge >= 0.3 is 0 Å². The molecule has 1 nitrogen and oxygen atoms in total. The zero-order valence-corrected chi connectivity index (χ0v) is 4.76. The molecule has 0 saturated heterocycles. The second-order valence-electron chi connectivity index (χ2n) is 1.01. The van der Waals surface area contributed by atoms with E-state index in [1.165, 1.54) is 4.31 Å². The topological polar surface area (TPSA) is 3.24 Å². The lowest BCUT2D eigenvalue weighted by molar-refractivity contribution is 0.580. The lowest BCUT2D eigenvalue weighted by Crippen LogP contribution is -2.03. The van der Waals surface area contributed by atoms with Gasteiger partial charge in [0, 0.05) is 6.54 Å². The maximum atomic E-state index is 11.2. The first-order chi connectivity index (χ1) is 2.81. The normalized spacial score (nSPS) is 10.0. The fourth-order valence-corrected chi connectivity index (χ4v) is 0.146. The van der Waals surface area contributed by atoms with E-state index in [9.17, 15) is 3.89 Å². The molecule has 0 saturated carbocycles. The lowest BCUT2D eigenvalue weighted by atomic mass is 10.8. The summed E-state index contributed by atoms with van der Waals surface area (Å²) in [4.78, 5) is 0. The monoisotopic (exact) mass is 109 g/mol. The molecule has 0 aliphatic heterocycles. The molecule has 0 atom stereocenters. The van der Waals surface area contributed by atoms with Crippen LogP contribution in [0.4, 0.5) is 3.89 Å². The van der Waals surface area contributed by atoms with E-state index in [1.807, 2.05) is 6.92 Å². The fourth-order valence-electron chi connectivity index (χ4n) is 0.0488. The second kappa shape index (κ2) is 3.43. The summed E-state index contributed by atoms with van der Waals surface area (Å²) in [6.45, 7) is 2.65. The summed E-state index contributed by atoms with van der Waals surface area (Å²) in [5, 5.41) is 0. The van der Waals surface area contributed by atoms with Crippen LogP contribution in [-0.4, -0.2) is 17.9 Å². The molecular weight excluding hydrogens is 101 g/mol. The van der Waals surface area contributed by atoms with E-state index in [0.717, 1.165) is 6.54 Å². The van der Waals surface area contributed by atoms with Crippen LogP contribution >= 0.6 is 12.3 Å². The minimum atomic E-state index is 0.258. The maximum absolute atomic E-state index is 11.2. The van der Waals surface area contributed by atoms with E-state index in [0.29, 0.717) is 0 Å². The van der Waals surface area contributed by atoms with Gasteiger partial charge in [-0.25, -0.2) is 4.31 Å². The fraction of sp³-hybridized carbons (Fsp3) is 1.00. The molecular formula is C3H8FNS. The number of nitrogens with zero attached hydrogens (tertiary/aromatic N) is 1. The van der Waals surface area contributed by atoms with Crippen molar-refractivity contribution in [3.05, 3.63) is 0 Å². The van der Waals surface area contributed by atoms with Gasteiger partial charge < -0.3 is 0 Å². The number of rotatable bonds is 2. The lowest BCUT2D eigenvalue weighted by Gasteiger charge is -2.01. The van der Waals surface area contributed by atoms with Crippen LogP contribution in [0.15, 0.2) is 0 Å². The molecule has 0 aromatic carbocycles. The minimum absolute atomic E-state index is 0.258. The molecule has 0 amide bonds. The molecule has 0 spiro atoms. The molecule has 0 aromatic heterocycles. The van der Waals surface area contributed by atoms with Gasteiger partial charge in [0.2, 0.25) is 0 Å². The highest BCUT2D eigenvalue weighted by atomic mass is 32.2. The molecule has 0 unspecified atom stereocenters. The van der Waals surface area contributed by atoms with Crippen molar-refractivity contribution in [1.29, 1.82) is 0 Å². The molecule has 0 heterocycles. The van der Waals surface area contributed by atoms with Crippen LogP contribution in [0, 0.1) is 0 Å². The van der Waals surface area contributed by atoms with Crippen molar-refractivity contribution in [1.82, 2.24) is 4.31 Å². The molecule has 0 aliphatic carbocycles. The molecule has 0 bridgehead atoms. The van der Waals surface area contributed by atoms with Gasteiger partial charge in [0.05, 0.1) is 0 Å². The van der Waals surface area contributed by atoms with Crippen LogP contribution < -0.4 is 0 Å². The van der Waals surface area contributed by atoms with Crippen molar-refractivity contribution in [2.24, 2.45) is 0 Å². The van der Waals surface area contributed by atoms with Crippen LogP contribution in [0.25, 0.3) is 0 Å². The average Bonchev–Trinajstić information content (AvgIpc) is 1.65. The van der Waals surface area contributed by atoms with E-state index >= 15 is 0 Å². The zero-order chi connectivity index (χ0) is 4.99. The highest BCUT2D eigenvalue weighted by molar-refractivity contribution is 7.91. The Bertz CT molecular complexity index is 30.0. The predicted molar refractivity (Wildman–Crippen MR) is 27.0 cm³/mol. The first kappa shape index (κ1) is 6.24. The summed E-state index contributed by atoms with van der Waals surface area (Å²) in [5.41, 5.74) is 0. The van der Waals surface area contributed by atoms with Crippen molar-refractivity contribution in [3.8, 4) is 0 Å². The summed E-state index contributed by atoms with van der Waals surface area (Å²) in [6, 6.07) is 0. The van der Waals surface area contributed by atoms with E-state index in [2.05, 4.69) is 0 Å². The summed E-state index contributed by atoms with van der Waals surface area (Å²) >= 11 is 0.258. The standard InChI is InChI=1S/C3H8FNS/c1-3-5(2)6-4/h3H2,1-2H3. The Morgan fingerprint density at radius 3 is 2.33 bits per heavy atom. The Hall–Kier alpha value is 0.240. The van der Waals surface area contributed by atoms with Gasteiger partial charge in [-0.15, -0.1) is 3.89 Å². The molecule has 3 heteroatoms.